The molecule has 9 aliphatic carbocycles. The van der Waals surface area contributed by atoms with Gasteiger partial charge in [-0.2, -0.15) is 0 Å². The Morgan fingerprint density at radius 3 is 1.28 bits per heavy atom. The minimum absolute atomic E-state index is 0.0577. The van der Waals surface area contributed by atoms with Crippen molar-refractivity contribution in [2.45, 2.75) is 227 Å². The molecule has 0 aromatic heterocycles. The van der Waals surface area contributed by atoms with Gasteiger partial charge in [0.1, 0.15) is 0 Å². The Morgan fingerprint density at radius 2 is 0.883 bits per heavy atom. The van der Waals surface area contributed by atoms with E-state index in [1.165, 1.54) is 119 Å². The Bertz CT molecular complexity index is 4880. The van der Waals surface area contributed by atoms with Crippen LogP contribution in [-0.2, 0) is 20.0 Å². The van der Waals surface area contributed by atoms with Crippen LogP contribution in [0.5, 0.6) is 0 Å². The maximum Gasteiger partial charge on any atom is 0.264 e. The van der Waals surface area contributed by atoms with Crippen molar-refractivity contribution in [3.63, 3.8) is 0 Å². The molecule has 4 heterocycles. The van der Waals surface area contributed by atoms with E-state index in [1.54, 1.807) is 71.4 Å². The van der Waals surface area contributed by atoms with Crippen LogP contribution in [-0.4, -0.2) is 187 Å². The number of benzene rings is 6. The van der Waals surface area contributed by atoms with E-state index in [9.17, 15) is 31.5 Å². The topological polar surface area (TPSA) is 190 Å². The molecule has 2 atom stereocenters. The minimum atomic E-state index is -4.10. The van der Waals surface area contributed by atoms with Crippen molar-refractivity contribution in [3.8, 4) is 0 Å². The third kappa shape index (κ3) is 20.5. The number of carbonyl (C=O) groups excluding carboxylic acids is 2. The van der Waals surface area contributed by atoms with Crippen molar-refractivity contribution in [1.29, 1.82) is 0 Å². The average molecular weight is 1700 g/mol. The number of nitrogens with one attached hydrogen (secondary N) is 4. The van der Waals surface area contributed by atoms with Gasteiger partial charge in [0.05, 0.1) is 15.4 Å². The number of piperazine rings is 2. The summed E-state index contributed by atoms with van der Waals surface area (Å²) in [5.74, 6) is 1.29. The third-order valence-electron chi connectivity index (χ3n) is 29.9. The Morgan fingerprint density at radius 1 is 0.475 bits per heavy atom. The number of sulfonamides is 2. The number of aryl methyl sites for hydroxylation is 2. The second-order valence-corrected chi connectivity index (χ2v) is 46.1. The number of aliphatic hydroxyl groups is 1. The molecular formula is C99H134N10O7S4. The summed E-state index contributed by atoms with van der Waals surface area (Å²) in [4.78, 5) is 44.3. The Balaban J connectivity index is 0.000000179. The first-order valence-corrected chi connectivity index (χ1v) is 50.3. The zero-order chi connectivity index (χ0) is 83.9. The highest BCUT2D eigenvalue weighted by Gasteiger charge is 2.68. The normalized spacial score (nSPS) is 26.0. The van der Waals surface area contributed by atoms with Crippen LogP contribution in [0.3, 0.4) is 0 Å². The van der Waals surface area contributed by atoms with Gasteiger partial charge < -0.3 is 35.3 Å². The van der Waals surface area contributed by atoms with Gasteiger partial charge in [0.2, 0.25) is 0 Å². The summed E-state index contributed by atoms with van der Waals surface area (Å²) in [5, 5.41) is 17.9. The van der Waals surface area contributed by atoms with Crippen LogP contribution >= 0.6 is 23.5 Å². The number of likely N-dealkylation sites (tertiary alicyclic amines) is 2. The molecule has 0 unspecified atom stereocenters. The summed E-state index contributed by atoms with van der Waals surface area (Å²) >= 11 is 3.64. The predicted molar refractivity (Wildman–Crippen MR) is 492 cm³/mol. The van der Waals surface area contributed by atoms with Crippen molar-refractivity contribution in [2.75, 3.05) is 137 Å². The number of hydrogen-bond acceptors (Lipinski definition) is 17. The minimum Gasteiger partial charge on any atom is -0.390 e. The molecule has 21 heteroatoms. The lowest BCUT2D eigenvalue weighted by Crippen LogP contribution is -2.62. The van der Waals surface area contributed by atoms with Crippen LogP contribution in [0.1, 0.15) is 208 Å². The number of nitrogens with zero attached hydrogens (tertiary/aromatic N) is 6. The molecule has 6 aromatic carbocycles. The molecule has 120 heavy (non-hydrogen) atoms. The molecule has 0 radical (unpaired) electrons. The molecule has 5 N–H and O–H groups in total. The number of thioether (sulfide) groups is 2. The van der Waals surface area contributed by atoms with Gasteiger partial charge >= 0.3 is 0 Å². The maximum atomic E-state index is 13.5. The highest BCUT2D eigenvalue weighted by atomic mass is 32.2. The molecule has 19 rings (SSSR count). The van der Waals surface area contributed by atoms with Crippen molar-refractivity contribution in [3.05, 3.63) is 190 Å². The van der Waals surface area contributed by atoms with E-state index in [2.05, 4.69) is 120 Å². The molecule has 17 nitrogen and oxygen atoms in total. The van der Waals surface area contributed by atoms with E-state index in [0.29, 0.717) is 43.6 Å². The lowest BCUT2D eigenvalue weighted by molar-refractivity contribution is -0.169. The smallest absolute Gasteiger partial charge is 0.264 e. The molecule has 13 aliphatic rings. The number of hydrogen-bond donors (Lipinski definition) is 5. The summed E-state index contributed by atoms with van der Waals surface area (Å²) in [6.07, 6.45) is 26.7. The van der Waals surface area contributed by atoms with Gasteiger partial charge in [-0.1, -0.05) is 99.7 Å². The predicted octanol–water partition coefficient (Wildman–Crippen LogP) is 18.5. The van der Waals surface area contributed by atoms with E-state index < -0.39 is 37.5 Å². The Hall–Kier alpha value is -6.66. The number of anilines is 4. The zero-order valence-electron chi connectivity index (χ0n) is 72.9. The largest absolute Gasteiger partial charge is 0.390 e. The summed E-state index contributed by atoms with van der Waals surface area (Å²) in [7, 11) is -8.18. The van der Waals surface area contributed by atoms with Gasteiger partial charge in [-0.05, 0) is 321 Å². The molecule has 4 aliphatic heterocycles. The van der Waals surface area contributed by atoms with Crippen molar-refractivity contribution < 1.29 is 31.5 Å². The molecule has 6 aromatic rings. The van der Waals surface area contributed by atoms with Gasteiger partial charge in [0.15, 0.2) is 0 Å². The monoisotopic (exact) mass is 1700 g/mol. The highest BCUT2D eigenvalue weighted by Crippen LogP contribution is 2.79. The summed E-state index contributed by atoms with van der Waals surface area (Å²) in [6, 6.07) is 46.1. The molecular weight excluding hydrogens is 1570 g/mol. The summed E-state index contributed by atoms with van der Waals surface area (Å²) in [5.41, 5.74) is 16.2. The Kier molecular flexibility index (Phi) is 25.9. The maximum absolute atomic E-state index is 13.5. The van der Waals surface area contributed by atoms with Crippen molar-refractivity contribution >= 4 is 78.1 Å². The van der Waals surface area contributed by atoms with Gasteiger partial charge in [-0.15, -0.1) is 23.5 Å². The fourth-order valence-corrected chi connectivity index (χ4v) is 26.8. The second kappa shape index (κ2) is 35.8. The summed E-state index contributed by atoms with van der Waals surface area (Å²) in [6.45, 7) is 34.1. The fourth-order valence-electron chi connectivity index (χ4n) is 22.7. The molecule has 4 bridgehead atoms. The molecule has 2 amide bonds. The third-order valence-corrected chi connectivity index (χ3v) is 35.0. The van der Waals surface area contributed by atoms with Gasteiger partial charge in [0, 0.05) is 159 Å². The standard InChI is InChI=1S/C50H67N5O3S2.C49H67N5O4S2/c1-37-17-23-53(24-18-37)25-19-41(33-59-43-8-5-4-6-9-43)51-46-15-14-44(30-38(46)2)60(57,58)52-47(56)39-10-12-42(13-11-39)55-28-26-54(27-29-55)32-40-16-22-49(20-7-21-49)31-45(40)50-34-48(3,35-50)36-50;1-36-29-42(15-16-44(36)50-39(32-59-41-9-7-6-8-10-41)18-22-52-23-20-48(5,56)21-24-52)60(57,58)51-45(55)37-11-13-40(14-12-37)54-27-25-53(26-28-54)31-38-17-19-46(2,3)30-43(38)49-33-47(4,34-49)35-49/h4-6,8-15,30,37,41,51H,7,16-29,31-36H2,1-3H3,(H,52,56);6-16,29,39,50,56H,17-28,30-35H2,1-5H3,(H,51,55)/t41-,48?,50?;39-,47?,49?/m11/s1. The quantitative estimate of drug-likeness (QED) is 0.0211. The molecule has 7 saturated carbocycles. The van der Waals surface area contributed by atoms with Crippen LogP contribution in [0.4, 0.5) is 22.7 Å². The number of allylic oxidation sites excluding steroid dienone is 2. The van der Waals surface area contributed by atoms with E-state index in [1.807, 2.05) is 104 Å². The van der Waals surface area contributed by atoms with Crippen LogP contribution in [0.15, 0.2) is 187 Å². The number of piperidine rings is 2. The number of amides is 2. The Labute approximate surface area is 726 Å². The summed E-state index contributed by atoms with van der Waals surface area (Å²) < 4.78 is 58.8. The first kappa shape index (κ1) is 86.8. The molecule has 646 valence electrons. The molecule has 11 fully saturated rings. The van der Waals surface area contributed by atoms with Crippen molar-refractivity contribution in [1.82, 2.24) is 29.0 Å². The van der Waals surface area contributed by atoms with Gasteiger partial charge in [-0.25, -0.2) is 26.3 Å². The van der Waals surface area contributed by atoms with Crippen LogP contribution in [0, 0.1) is 52.3 Å². The van der Waals surface area contributed by atoms with Gasteiger partial charge in [-0.3, -0.25) is 19.4 Å². The second-order valence-electron chi connectivity index (χ2n) is 40.6. The lowest BCUT2D eigenvalue weighted by Gasteiger charge is -2.72. The SMILES string of the molecule is Cc1cc(S(=O)(=O)NC(=O)c2ccc(N3CCN(CC4=C(C56CC(C)(C5)C6)CC(C)(C)CC4)CC3)cc2)ccc1N[C@H](CCN1CCC(C)(O)CC1)CSc1ccccc1.Cc1cc(S(=O)(=O)NC(=O)c2ccc(N3CCN(CC4=C(C56CC(C)(C5)C6)CC5(CCC5)CC4)CC3)cc2)ccc1N[C@H](CCN1CCC(C)CC1)CSc1ccccc1. The average Bonchev–Trinajstić information content (AvgIpc) is 0.677. The zero-order valence-corrected chi connectivity index (χ0v) is 76.1. The first-order chi connectivity index (χ1) is 57.3. The lowest BCUT2D eigenvalue weighted by atomic mass is 9.32. The molecule has 1 spiro atoms. The van der Waals surface area contributed by atoms with E-state index in [4.69, 9.17) is 0 Å². The fraction of sp³-hybridized carbons (Fsp3) is 0.576. The van der Waals surface area contributed by atoms with Crippen LogP contribution < -0.4 is 29.9 Å². The van der Waals surface area contributed by atoms with E-state index >= 15 is 0 Å². The first-order valence-electron chi connectivity index (χ1n) is 45.3. The van der Waals surface area contributed by atoms with E-state index in [-0.39, 0.29) is 21.9 Å². The highest BCUT2D eigenvalue weighted by molar-refractivity contribution is 7.99. The van der Waals surface area contributed by atoms with Crippen LogP contribution in [0.25, 0.3) is 0 Å². The molecule has 4 saturated heterocycles. The van der Waals surface area contributed by atoms with E-state index in [0.717, 1.165) is 182 Å². The number of rotatable bonds is 30. The number of carbonyl (C=O) groups is 2. The van der Waals surface area contributed by atoms with Crippen LogP contribution in [0.2, 0.25) is 0 Å². The van der Waals surface area contributed by atoms with Gasteiger partial charge in [0.25, 0.3) is 31.9 Å². The van der Waals surface area contributed by atoms with Crippen molar-refractivity contribution in [2.24, 2.45) is 38.4 Å².